The first kappa shape index (κ1) is 29.7. The Labute approximate surface area is 216 Å². The van der Waals surface area contributed by atoms with Crippen LogP contribution in [-0.2, 0) is 7.05 Å². The van der Waals surface area contributed by atoms with Crippen molar-refractivity contribution in [2.45, 2.75) is 48.0 Å². The van der Waals surface area contributed by atoms with E-state index in [-0.39, 0.29) is 18.0 Å². The van der Waals surface area contributed by atoms with Gasteiger partial charge in [-0.3, -0.25) is 9.59 Å². The molecule has 0 fully saturated rings. The topological polar surface area (TPSA) is 38.0 Å². The number of carbonyl (C=O) groups excluding carboxylic acids is 2. The number of ketones is 2. The smallest absolute Gasteiger partial charge is 0.418 e. The summed E-state index contributed by atoms with van der Waals surface area (Å²) in [5, 5.41) is 0. The lowest BCUT2D eigenvalue weighted by atomic mass is 9.90. The minimum atomic E-state index is -6.00. The molecule has 1 aromatic heterocycles. The van der Waals surface area contributed by atoms with Crippen LogP contribution in [0.4, 0.5) is 17.3 Å². The van der Waals surface area contributed by atoms with E-state index in [4.69, 9.17) is 0 Å². The highest BCUT2D eigenvalue weighted by atomic mass is 19.5. The van der Waals surface area contributed by atoms with Crippen molar-refractivity contribution in [3.8, 4) is 0 Å². The second-order valence-electron chi connectivity index (χ2n) is 9.43. The molecule has 0 radical (unpaired) electrons. The van der Waals surface area contributed by atoms with Crippen LogP contribution in [0.2, 0.25) is 0 Å². The number of rotatable bonds is 6. The second-order valence-corrected chi connectivity index (χ2v) is 9.43. The number of hydrogen-bond acceptors (Lipinski definition) is 2. The predicted molar refractivity (Wildman–Crippen MR) is 140 cm³/mol. The van der Waals surface area contributed by atoms with Crippen LogP contribution in [0.25, 0.3) is 5.57 Å². The fourth-order valence-electron chi connectivity index (χ4n) is 4.63. The Morgan fingerprint density at radius 3 is 1.54 bits per heavy atom. The van der Waals surface area contributed by atoms with E-state index in [1.165, 1.54) is 0 Å². The molecule has 196 valence electrons. The fourth-order valence-corrected chi connectivity index (χ4v) is 4.63. The Bertz CT molecular complexity index is 1290. The summed E-state index contributed by atoms with van der Waals surface area (Å²) in [5.41, 5.74) is 9.22. The van der Waals surface area contributed by atoms with Gasteiger partial charge >= 0.3 is 7.25 Å². The monoisotopic (exact) mass is 513 g/mol. The van der Waals surface area contributed by atoms with Crippen LogP contribution in [0.15, 0.2) is 54.9 Å². The average Bonchev–Trinajstić information content (AvgIpc) is 2.71. The summed E-state index contributed by atoms with van der Waals surface area (Å²) < 4.78 is 40.9. The second kappa shape index (κ2) is 12.1. The number of pyridine rings is 1. The van der Waals surface area contributed by atoms with Crippen LogP contribution < -0.4 is 4.57 Å². The van der Waals surface area contributed by atoms with E-state index in [0.29, 0.717) is 5.56 Å². The van der Waals surface area contributed by atoms with Gasteiger partial charge in [0.1, 0.15) is 7.05 Å². The maximum Gasteiger partial charge on any atom is 0.673 e. The number of halogens is 4. The van der Waals surface area contributed by atoms with Crippen LogP contribution in [0, 0.1) is 41.5 Å². The summed E-state index contributed by atoms with van der Waals surface area (Å²) in [6.07, 6.45) is 5.69. The molecule has 3 rings (SSSR count). The van der Waals surface area contributed by atoms with Crippen LogP contribution in [0.3, 0.4) is 0 Å². The van der Waals surface area contributed by atoms with Crippen LogP contribution in [0.1, 0.15) is 66.1 Å². The number of nitrogens with zero attached hydrogens (tertiary/aromatic N) is 1. The minimum Gasteiger partial charge on any atom is -0.418 e. The highest BCUT2D eigenvalue weighted by molar-refractivity contribution is 6.50. The van der Waals surface area contributed by atoms with Crippen molar-refractivity contribution >= 4 is 24.4 Å². The Balaban J connectivity index is 0.000000877. The molecule has 0 aliphatic rings. The largest absolute Gasteiger partial charge is 0.673 e. The summed E-state index contributed by atoms with van der Waals surface area (Å²) >= 11 is 0. The van der Waals surface area contributed by atoms with Gasteiger partial charge in [0, 0.05) is 29.7 Å². The van der Waals surface area contributed by atoms with Crippen molar-refractivity contribution in [3.63, 3.8) is 0 Å². The lowest BCUT2D eigenvalue weighted by Gasteiger charge is -2.13. The normalized spacial score (nSPS) is 11.6. The summed E-state index contributed by atoms with van der Waals surface area (Å²) in [5.74, 6) is -0.0296. The lowest BCUT2D eigenvalue weighted by molar-refractivity contribution is -0.671. The lowest BCUT2D eigenvalue weighted by Crippen LogP contribution is -2.26. The number of benzene rings is 2. The zero-order chi connectivity index (χ0) is 28.1. The maximum absolute atomic E-state index is 13.4. The zero-order valence-electron chi connectivity index (χ0n) is 22.3. The molecule has 37 heavy (non-hydrogen) atoms. The van der Waals surface area contributed by atoms with Gasteiger partial charge in [-0.15, -0.1) is 0 Å². The molecule has 2 aromatic carbocycles. The SMILES string of the molecule is Cc1cc(C)c(C(=O)/C=C(/CC(=O)c2c(C)cc(C)cc2C)c2cc[n+](C)cc2)c(C)c1.F[B-](F)(F)F. The number of aryl methyl sites for hydroxylation is 7. The molecule has 0 saturated heterocycles. The van der Waals surface area contributed by atoms with Crippen molar-refractivity contribution in [1.29, 1.82) is 0 Å². The molecule has 0 bridgehead atoms. The van der Waals surface area contributed by atoms with Gasteiger partial charge in [0.25, 0.3) is 0 Å². The van der Waals surface area contributed by atoms with Gasteiger partial charge in [-0.05, 0) is 81.0 Å². The van der Waals surface area contributed by atoms with Crippen molar-refractivity contribution in [1.82, 2.24) is 0 Å². The Morgan fingerprint density at radius 1 is 0.757 bits per heavy atom. The molecule has 1 heterocycles. The zero-order valence-corrected chi connectivity index (χ0v) is 22.3. The summed E-state index contributed by atoms with van der Waals surface area (Å²) in [6, 6.07) is 12.0. The first-order valence-electron chi connectivity index (χ1n) is 11.8. The minimum absolute atomic E-state index is 0.0321. The molecule has 8 heteroatoms. The Kier molecular flexibility index (Phi) is 9.73. The van der Waals surface area contributed by atoms with Crippen molar-refractivity contribution < 1.29 is 31.4 Å². The van der Waals surface area contributed by atoms with Gasteiger partial charge in [-0.2, -0.15) is 0 Å². The highest BCUT2D eigenvalue weighted by Gasteiger charge is 2.21. The van der Waals surface area contributed by atoms with Crippen LogP contribution >= 0.6 is 0 Å². The third-order valence-corrected chi connectivity index (χ3v) is 5.88. The van der Waals surface area contributed by atoms with Gasteiger partial charge in [-0.25, -0.2) is 4.57 Å². The molecular formula is C29H32BF4NO2. The summed E-state index contributed by atoms with van der Waals surface area (Å²) in [6.45, 7) is 12.0. The van der Waals surface area contributed by atoms with E-state index in [0.717, 1.165) is 50.1 Å². The number of aromatic nitrogens is 1. The van der Waals surface area contributed by atoms with Gasteiger partial charge in [0.05, 0.1) is 0 Å². The maximum atomic E-state index is 13.4. The molecule has 0 amide bonds. The molecule has 0 saturated carbocycles. The average molecular weight is 513 g/mol. The van der Waals surface area contributed by atoms with E-state index in [2.05, 4.69) is 0 Å². The van der Waals surface area contributed by atoms with E-state index in [1.807, 2.05) is 102 Å². The Hall–Kier alpha value is -3.55. The first-order valence-corrected chi connectivity index (χ1v) is 11.8. The predicted octanol–water partition coefficient (Wildman–Crippen LogP) is 7.20. The molecule has 0 aliphatic carbocycles. The third-order valence-electron chi connectivity index (χ3n) is 5.88. The van der Waals surface area contributed by atoms with Crippen molar-refractivity contribution in [2.24, 2.45) is 7.05 Å². The van der Waals surface area contributed by atoms with Gasteiger partial charge < -0.3 is 17.3 Å². The molecule has 3 nitrogen and oxygen atoms in total. The number of hydrogen-bond donors (Lipinski definition) is 0. The number of carbonyl (C=O) groups is 2. The molecule has 0 aliphatic heterocycles. The first-order chi connectivity index (χ1) is 17.1. The molecule has 0 atom stereocenters. The van der Waals surface area contributed by atoms with Gasteiger partial charge in [0.2, 0.25) is 0 Å². The van der Waals surface area contributed by atoms with E-state index in [9.17, 15) is 26.9 Å². The van der Waals surface area contributed by atoms with E-state index < -0.39 is 7.25 Å². The van der Waals surface area contributed by atoms with Gasteiger partial charge in [-0.1, -0.05) is 35.4 Å². The van der Waals surface area contributed by atoms with Crippen molar-refractivity contribution in [2.75, 3.05) is 0 Å². The molecule has 3 aromatic rings. The quantitative estimate of drug-likeness (QED) is 0.115. The summed E-state index contributed by atoms with van der Waals surface area (Å²) in [4.78, 5) is 26.7. The van der Waals surface area contributed by atoms with Gasteiger partial charge in [0.15, 0.2) is 24.0 Å². The summed E-state index contributed by atoms with van der Waals surface area (Å²) in [7, 11) is -4.05. The highest BCUT2D eigenvalue weighted by Crippen LogP contribution is 2.26. The van der Waals surface area contributed by atoms with Crippen LogP contribution in [0.5, 0.6) is 0 Å². The van der Waals surface area contributed by atoms with Crippen LogP contribution in [-0.4, -0.2) is 18.8 Å². The molecule has 0 N–H and O–H groups in total. The fraction of sp³-hybridized carbons (Fsp3) is 0.276. The Morgan fingerprint density at radius 2 is 1.14 bits per heavy atom. The van der Waals surface area contributed by atoms with Crippen molar-refractivity contribution in [3.05, 3.63) is 105 Å². The van der Waals surface area contributed by atoms with E-state index >= 15 is 0 Å². The molecule has 0 spiro atoms. The molecular weight excluding hydrogens is 481 g/mol. The standard InChI is InChI=1S/C29H32NO2.BF4/c1-18-12-20(3)28(21(4)13-18)26(31)16-25(24-8-10-30(7)11-9-24)17-27(32)29-22(5)14-19(2)15-23(29)6;2-1(3,4)5/h8-16H,17H2,1-7H3;/q+1;-1/b25-16-;. The number of Topliss-reactive ketones (excluding diaryl/α,β-unsaturated/α-hetero) is 1. The van der Waals surface area contributed by atoms with E-state index in [1.54, 1.807) is 6.08 Å². The number of allylic oxidation sites excluding steroid dienone is 2. The molecule has 0 unspecified atom stereocenters. The third kappa shape index (κ3) is 8.81.